The lowest BCUT2D eigenvalue weighted by molar-refractivity contribution is 0.418. The van der Waals surface area contributed by atoms with Gasteiger partial charge in [0.05, 0.1) is 6.67 Å². The van der Waals surface area contributed by atoms with Gasteiger partial charge in [-0.3, -0.25) is 4.39 Å². The standard InChI is InChI=1S/C27H26FN/c28-15-6-7-19-17-25-23-12-11-20-8-3-4-9-21(20)22(23)13-14-24(25)26(18-19)27-10-2-1-5-16-29-27/h1-5,8-10,12-14,16-17,19,26,29H,6-7,11,15,18H2. The number of benzene rings is 2. The summed E-state index contributed by atoms with van der Waals surface area (Å²) in [6, 6.07) is 13.3. The first-order valence-electron chi connectivity index (χ1n) is 10.6. The molecule has 1 heterocycles. The predicted molar refractivity (Wildman–Crippen MR) is 119 cm³/mol. The lowest BCUT2D eigenvalue weighted by atomic mass is 9.76. The fourth-order valence-electron chi connectivity index (χ4n) is 5.03. The average Bonchev–Trinajstić information content (AvgIpc) is 3.06. The van der Waals surface area contributed by atoms with Gasteiger partial charge in [0.1, 0.15) is 0 Å². The van der Waals surface area contributed by atoms with E-state index < -0.39 is 0 Å². The van der Waals surface area contributed by atoms with Crippen molar-refractivity contribution in [3.8, 4) is 11.1 Å². The summed E-state index contributed by atoms with van der Waals surface area (Å²) in [5, 5.41) is 6.20. The van der Waals surface area contributed by atoms with Crippen LogP contribution in [-0.2, 0) is 6.42 Å². The third-order valence-corrected chi connectivity index (χ3v) is 6.40. The van der Waals surface area contributed by atoms with Crippen molar-refractivity contribution in [2.45, 2.75) is 31.6 Å². The quantitative estimate of drug-likeness (QED) is 0.793. The zero-order chi connectivity index (χ0) is 19.6. The average molecular weight is 384 g/mol. The molecule has 3 aliphatic rings. The Morgan fingerprint density at radius 1 is 0.966 bits per heavy atom. The molecule has 0 bridgehead atoms. The highest BCUT2D eigenvalue weighted by Crippen LogP contribution is 2.35. The van der Waals surface area contributed by atoms with E-state index >= 15 is 0 Å². The van der Waals surface area contributed by atoms with Crippen LogP contribution in [0.15, 0.2) is 72.6 Å². The molecule has 2 aromatic carbocycles. The molecule has 1 nitrogen and oxygen atoms in total. The molecule has 0 aromatic heterocycles. The minimum atomic E-state index is -0.235. The van der Waals surface area contributed by atoms with E-state index in [1.54, 1.807) is 0 Å². The van der Waals surface area contributed by atoms with Crippen LogP contribution < -0.4 is 15.8 Å². The number of allylic oxidation sites excluding steroid dienone is 5. The van der Waals surface area contributed by atoms with E-state index in [0.717, 1.165) is 19.3 Å². The molecule has 2 heteroatoms. The summed E-state index contributed by atoms with van der Waals surface area (Å²) >= 11 is 0. The Hall–Kier alpha value is -2.87. The highest BCUT2D eigenvalue weighted by molar-refractivity contribution is 5.74. The Bertz CT molecular complexity index is 1140. The van der Waals surface area contributed by atoms with Crippen LogP contribution in [0.2, 0.25) is 0 Å². The second kappa shape index (κ2) is 7.87. The van der Waals surface area contributed by atoms with Gasteiger partial charge in [0.15, 0.2) is 0 Å². The monoisotopic (exact) mass is 383 g/mol. The van der Waals surface area contributed by atoms with Crippen LogP contribution in [0.1, 0.15) is 36.3 Å². The number of hydrogen-bond acceptors (Lipinski definition) is 1. The van der Waals surface area contributed by atoms with Gasteiger partial charge in [0, 0.05) is 17.8 Å². The first-order valence-corrected chi connectivity index (χ1v) is 10.6. The molecule has 0 spiro atoms. The Morgan fingerprint density at radius 3 is 2.83 bits per heavy atom. The molecule has 0 fully saturated rings. The van der Waals surface area contributed by atoms with E-state index in [1.165, 1.54) is 38.4 Å². The van der Waals surface area contributed by atoms with Gasteiger partial charge in [-0.25, -0.2) is 0 Å². The van der Waals surface area contributed by atoms with Crippen molar-refractivity contribution in [3.05, 3.63) is 94.2 Å². The Labute approximate surface area is 171 Å². The van der Waals surface area contributed by atoms with Gasteiger partial charge in [-0.15, -0.1) is 0 Å². The molecular formula is C27H26FN. The number of fused-ring (bicyclic) bond motifs is 5. The summed E-state index contributed by atoms with van der Waals surface area (Å²) in [5.74, 6) is 0.710. The van der Waals surface area contributed by atoms with Gasteiger partial charge in [-0.05, 0) is 76.4 Å². The molecule has 5 rings (SSSR count). The van der Waals surface area contributed by atoms with Crippen molar-refractivity contribution in [1.82, 2.24) is 5.32 Å². The van der Waals surface area contributed by atoms with Crippen molar-refractivity contribution in [1.29, 1.82) is 0 Å². The molecule has 0 amide bonds. The summed E-state index contributed by atoms with van der Waals surface area (Å²) in [7, 11) is 0. The van der Waals surface area contributed by atoms with Gasteiger partial charge < -0.3 is 5.32 Å². The molecular weight excluding hydrogens is 357 g/mol. The lowest BCUT2D eigenvalue weighted by Gasteiger charge is -2.30. The summed E-state index contributed by atoms with van der Waals surface area (Å²) < 4.78 is 12.9. The summed E-state index contributed by atoms with van der Waals surface area (Å²) in [4.78, 5) is 0. The predicted octanol–water partition coefficient (Wildman–Crippen LogP) is 4.88. The molecule has 0 saturated carbocycles. The SMILES string of the molecule is FCCCC1C=c2c(ccc3c2=CCc2ccccc2-3)C(C2=CC=CC=CN2)C1. The molecule has 0 radical (unpaired) electrons. The first-order chi connectivity index (χ1) is 14.3. The molecule has 2 aliphatic carbocycles. The van der Waals surface area contributed by atoms with Gasteiger partial charge in [0.2, 0.25) is 0 Å². The number of rotatable bonds is 4. The molecule has 29 heavy (non-hydrogen) atoms. The number of halogens is 1. The van der Waals surface area contributed by atoms with E-state index in [1.807, 2.05) is 18.4 Å². The van der Waals surface area contributed by atoms with Crippen molar-refractivity contribution in [2.24, 2.45) is 5.92 Å². The molecule has 2 unspecified atom stereocenters. The van der Waals surface area contributed by atoms with Crippen LogP contribution in [0, 0.1) is 5.92 Å². The summed E-state index contributed by atoms with van der Waals surface area (Å²) in [6.07, 6.45) is 18.7. The topological polar surface area (TPSA) is 12.0 Å². The number of nitrogens with one attached hydrogen (secondary N) is 1. The second-order valence-corrected chi connectivity index (χ2v) is 8.15. The maximum Gasteiger partial charge on any atom is 0.0894 e. The first kappa shape index (κ1) is 18.2. The van der Waals surface area contributed by atoms with Crippen LogP contribution in [0.3, 0.4) is 0 Å². The highest BCUT2D eigenvalue weighted by atomic mass is 19.1. The third-order valence-electron chi connectivity index (χ3n) is 6.40. The molecule has 2 aromatic rings. The normalized spacial score (nSPS) is 21.5. The molecule has 146 valence electrons. The number of hydrogen-bond donors (Lipinski definition) is 1. The molecule has 0 saturated heterocycles. The van der Waals surface area contributed by atoms with Gasteiger partial charge in [0.25, 0.3) is 0 Å². The van der Waals surface area contributed by atoms with Crippen LogP contribution in [0.5, 0.6) is 0 Å². The largest absolute Gasteiger partial charge is 0.364 e. The molecule has 1 aliphatic heterocycles. The fraction of sp³-hybridized carbons (Fsp3) is 0.259. The van der Waals surface area contributed by atoms with E-state index in [2.05, 4.69) is 66.0 Å². The van der Waals surface area contributed by atoms with Crippen LogP contribution in [0.25, 0.3) is 23.3 Å². The number of alkyl halides is 1. The van der Waals surface area contributed by atoms with Gasteiger partial charge >= 0.3 is 0 Å². The van der Waals surface area contributed by atoms with E-state index in [4.69, 9.17) is 0 Å². The minimum absolute atomic E-state index is 0.235. The Kier molecular flexibility index (Phi) is 4.93. The maximum atomic E-state index is 12.9. The van der Waals surface area contributed by atoms with Crippen LogP contribution in [-0.4, -0.2) is 6.67 Å². The van der Waals surface area contributed by atoms with Crippen LogP contribution in [0.4, 0.5) is 4.39 Å². The summed E-state index contributed by atoms with van der Waals surface area (Å²) in [6.45, 7) is -0.235. The smallest absolute Gasteiger partial charge is 0.0894 e. The van der Waals surface area contributed by atoms with Crippen molar-refractivity contribution in [3.63, 3.8) is 0 Å². The van der Waals surface area contributed by atoms with Crippen molar-refractivity contribution in [2.75, 3.05) is 6.67 Å². The van der Waals surface area contributed by atoms with Crippen molar-refractivity contribution >= 4 is 12.2 Å². The zero-order valence-corrected chi connectivity index (χ0v) is 16.6. The lowest BCUT2D eigenvalue weighted by Crippen LogP contribution is -2.38. The van der Waals surface area contributed by atoms with Crippen LogP contribution >= 0.6 is 0 Å². The Balaban J connectivity index is 1.68. The van der Waals surface area contributed by atoms with Crippen molar-refractivity contribution < 1.29 is 4.39 Å². The van der Waals surface area contributed by atoms with Gasteiger partial charge in [-0.2, -0.15) is 0 Å². The van der Waals surface area contributed by atoms with E-state index in [0.29, 0.717) is 18.3 Å². The highest BCUT2D eigenvalue weighted by Gasteiger charge is 2.27. The summed E-state index contributed by atoms with van der Waals surface area (Å²) in [5.41, 5.74) is 6.68. The Morgan fingerprint density at radius 2 is 1.90 bits per heavy atom. The van der Waals surface area contributed by atoms with E-state index in [9.17, 15) is 4.39 Å². The second-order valence-electron chi connectivity index (χ2n) is 8.15. The van der Waals surface area contributed by atoms with Gasteiger partial charge in [-0.1, -0.05) is 60.7 Å². The minimum Gasteiger partial charge on any atom is -0.364 e. The van der Waals surface area contributed by atoms with E-state index in [-0.39, 0.29) is 6.67 Å². The third kappa shape index (κ3) is 3.37. The molecule has 2 atom stereocenters. The molecule has 1 N–H and O–H groups in total. The maximum absolute atomic E-state index is 12.9. The fourth-order valence-corrected chi connectivity index (χ4v) is 5.03. The zero-order valence-electron chi connectivity index (χ0n) is 16.6.